The first-order chi connectivity index (χ1) is 14.2. The van der Waals surface area contributed by atoms with Gasteiger partial charge in [-0.05, 0) is 25.5 Å². The van der Waals surface area contributed by atoms with E-state index in [1.807, 2.05) is 18.2 Å². The van der Waals surface area contributed by atoms with E-state index < -0.39 is 0 Å². The number of pyridine rings is 1. The summed E-state index contributed by atoms with van der Waals surface area (Å²) in [6.45, 7) is 6.31. The highest BCUT2D eigenvalue weighted by molar-refractivity contribution is 5.96. The maximum Gasteiger partial charge on any atom is 0.164 e. The highest BCUT2D eigenvalue weighted by Gasteiger charge is 2.25. The molecule has 2 aromatic carbocycles. The molecule has 0 saturated heterocycles. The van der Waals surface area contributed by atoms with Crippen molar-refractivity contribution in [3.63, 3.8) is 0 Å². The number of anilines is 1. The summed E-state index contributed by atoms with van der Waals surface area (Å²) < 4.78 is 2.18. The second kappa shape index (κ2) is 6.71. The molecule has 0 saturated carbocycles. The predicted molar refractivity (Wildman–Crippen MR) is 112 cm³/mol. The van der Waals surface area contributed by atoms with E-state index in [4.69, 9.17) is 0 Å². The summed E-state index contributed by atoms with van der Waals surface area (Å²) in [6, 6.07) is 16.7. The molecule has 0 fully saturated rings. The first-order valence-electron chi connectivity index (χ1n) is 9.68. The van der Waals surface area contributed by atoms with Gasteiger partial charge in [0.25, 0.3) is 0 Å². The van der Waals surface area contributed by atoms with Gasteiger partial charge in [0, 0.05) is 30.2 Å². The lowest BCUT2D eigenvalue weighted by Gasteiger charge is -2.31. The first-order valence-corrected chi connectivity index (χ1v) is 9.68. The van der Waals surface area contributed by atoms with Gasteiger partial charge in [-0.25, -0.2) is 0 Å². The molecule has 1 aliphatic heterocycles. The van der Waals surface area contributed by atoms with Crippen molar-refractivity contribution in [2.24, 2.45) is 0 Å². The molecule has 6 nitrogen and oxygen atoms in total. The van der Waals surface area contributed by atoms with Crippen molar-refractivity contribution in [2.75, 3.05) is 11.4 Å². The van der Waals surface area contributed by atoms with Crippen molar-refractivity contribution in [3.8, 4) is 17.5 Å². The summed E-state index contributed by atoms with van der Waals surface area (Å²) in [5.74, 6) is 1.81. The highest BCUT2D eigenvalue weighted by Crippen LogP contribution is 2.34. The maximum absolute atomic E-state index is 9.75. The summed E-state index contributed by atoms with van der Waals surface area (Å²) >= 11 is 0. The molecule has 0 bridgehead atoms. The Labute approximate surface area is 169 Å². The molecule has 29 heavy (non-hydrogen) atoms. The number of rotatable bonds is 2. The Morgan fingerprint density at radius 1 is 1.03 bits per heavy atom. The second-order valence-corrected chi connectivity index (χ2v) is 7.49. The average molecular weight is 380 g/mol. The Bertz CT molecular complexity index is 1270. The lowest BCUT2D eigenvalue weighted by Crippen LogP contribution is -2.34. The number of hydrogen-bond acceptors (Lipinski definition) is 5. The van der Waals surface area contributed by atoms with Gasteiger partial charge in [-0.15, -0.1) is 10.2 Å². The molecule has 0 unspecified atom stereocenters. The molecule has 5 rings (SSSR count). The number of nitriles is 1. The van der Waals surface area contributed by atoms with E-state index in [1.165, 1.54) is 5.56 Å². The van der Waals surface area contributed by atoms with Gasteiger partial charge in [-0.1, -0.05) is 42.0 Å². The molecule has 6 heteroatoms. The van der Waals surface area contributed by atoms with Crippen LogP contribution in [0.5, 0.6) is 0 Å². The van der Waals surface area contributed by atoms with Gasteiger partial charge >= 0.3 is 0 Å². The summed E-state index contributed by atoms with van der Waals surface area (Å²) in [5, 5.41) is 19.7. The van der Waals surface area contributed by atoms with Crippen molar-refractivity contribution in [1.29, 1.82) is 5.26 Å². The molecule has 0 amide bonds. The molecule has 1 aliphatic rings. The van der Waals surface area contributed by atoms with Crippen LogP contribution in [0.4, 0.5) is 5.69 Å². The molecular weight excluding hydrogens is 360 g/mol. The highest BCUT2D eigenvalue weighted by atomic mass is 15.3. The molecule has 0 N–H and O–H groups in total. The number of hydrogen-bond donors (Lipinski definition) is 0. The van der Waals surface area contributed by atoms with Crippen LogP contribution >= 0.6 is 0 Å². The van der Waals surface area contributed by atoms with Gasteiger partial charge in [-0.2, -0.15) is 5.26 Å². The Hall–Kier alpha value is -3.72. The van der Waals surface area contributed by atoms with Crippen molar-refractivity contribution in [1.82, 2.24) is 19.7 Å². The van der Waals surface area contributed by atoms with E-state index >= 15 is 0 Å². The van der Waals surface area contributed by atoms with Crippen molar-refractivity contribution < 1.29 is 0 Å². The monoisotopic (exact) mass is 380 g/mol. The molecule has 142 valence electrons. The van der Waals surface area contributed by atoms with Gasteiger partial charge in [0.05, 0.1) is 23.3 Å². The molecule has 2 aromatic heterocycles. The molecule has 0 atom stereocenters. The number of benzene rings is 2. The maximum atomic E-state index is 9.75. The van der Waals surface area contributed by atoms with E-state index in [9.17, 15) is 5.26 Å². The minimum Gasteiger partial charge on any atom is -0.361 e. The number of aromatic nitrogens is 4. The standard InChI is InChI=1S/C23H20N6/c1-15-10-16(2)21-19(11-15)22(18(12-24)13-25-21)28-8-9-29-20(14-28)26-27-23(29)17-6-4-3-5-7-17/h3-7,10-11,13H,8-9,14H2,1-2H3. The Balaban J connectivity index is 1.60. The van der Waals surface area contributed by atoms with Gasteiger partial charge in [0.15, 0.2) is 11.6 Å². The van der Waals surface area contributed by atoms with Crippen LogP contribution in [0.1, 0.15) is 22.5 Å². The van der Waals surface area contributed by atoms with Crippen molar-refractivity contribution in [3.05, 3.63) is 71.2 Å². The minimum absolute atomic E-state index is 0.596. The number of fused-ring (bicyclic) bond motifs is 2. The second-order valence-electron chi connectivity index (χ2n) is 7.49. The fourth-order valence-corrected chi connectivity index (χ4v) is 4.22. The van der Waals surface area contributed by atoms with Crippen LogP contribution in [-0.2, 0) is 13.1 Å². The molecule has 3 heterocycles. The lowest BCUT2D eigenvalue weighted by molar-refractivity contribution is 0.564. The molecular formula is C23H20N6. The normalized spacial score (nSPS) is 13.3. The molecule has 0 aliphatic carbocycles. The number of nitrogens with zero attached hydrogens (tertiary/aromatic N) is 6. The number of aryl methyl sites for hydroxylation is 2. The summed E-state index contributed by atoms with van der Waals surface area (Å²) in [5.41, 5.74) is 5.84. The summed E-state index contributed by atoms with van der Waals surface area (Å²) in [4.78, 5) is 6.79. The Kier molecular flexibility index (Phi) is 4.02. The van der Waals surface area contributed by atoms with E-state index in [0.29, 0.717) is 12.1 Å². The smallest absolute Gasteiger partial charge is 0.164 e. The average Bonchev–Trinajstić information content (AvgIpc) is 3.16. The fraction of sp³-hybridized carbons (Fsp3) is 0.217. The SMILES string of the molecule is Cc1cc(C)c2ncc(C#N)c(N3CCn4c(nnc4-c4ccccc4)C3)c2c1. The van der Waals surface area contributed by atoms with Crippen LogP contribution in [0, 0.1) is 25.2 Å². The van der Waals surface area contributed by atoms with Crippen LogP contribution in [0.2, 0.25) is 0 Å². The van der Waals surface area contributed by atoms with Crippen LogP contribution in [-0.4, -0.2) is 26.3 Å². The zero-order valence-electron chi connectivity index (χ0n) is 16.4. The van der Waals surface area contributed by atoms with E-state index in [1.54, 1.807) is 6.20 Å². The summed E-state index contributed by atoms with van der Waals surface area (Å²) in [6.07, 6.45) is 1.69. The van der Waals surface area contributed by atoms with E-state index in [0.717, 1.165) is 52.5 Å². The van der Waals surface area contributed by atoms with E-state index in [-0.39, 0.29) is 0 Å². The first kappa shape index (κ1) is 17.4. The van der Waals surface area contributed by atoms with Crippen molar-refractivity contribution >= 4 is 16.6 Å². The summed E-state index contributed by atoms with van der Waals surface area (Å²) in [7, 11) is 0. The zero-order chi connectivity index (χ0) is 20.0. The fourth-order valence-electron chi connectivity index (χ4n) is 4.22. The van der Waals surface area contributed by atoms with Gasteiger partial charge < -0.3 is 9.47 Å². The molecule has 4 aromatic rings. The van der Waals surface area contributed by atoms with Crippen LogP contribution in [0.3, 0.4) is 0 Å². The Morgan fingerprint density at radius 2 is 1.86 bits per heavy atom. The van der Waals surface area contributed by atoms with E-state index in [2.05, 4.69) is 68.8 Å². The van der Waals surface area contributed by atoms with Crippen LogP contribution in [0.15, 0.2) is 48.7 Å². The van der Waals surface area contributed by atoms with Gasteiger partial charge in [-0.3, -0.25) is 4.98 Å². The molecule has 0 radical (unpaired) electrons. The Morgan fingerprint density at radius 3 is 2.66 bits per heavy atom. The minimum atomic E-state index is 0.596. The third-order valence-corrected chi connectivity index (χ3v) is 5.50. The largest absolute Gasteiger partial charge is 0.361 e. The predicted octanol–water partition coefficient (Wildman–Crippen LogP) is 4.00. The van der Waals surface area contributed by atoms with Gasteiger partial charge in [0.2, 0.25) is 0 Å². The van der Waals surface area contributed by atoms with Crippen molar-refractivity contribution in [2.45, 2.75) is 26.9 Å². The third-order valence-electron chi connectivity index (χ3n) is 5.50. The van der Waals surface area contributed by atoms with Crippen LogP contribution in [0.25, 0.3) is 22.3 Å². The quantitative estimate of drug-likeness (QED) is 0.526. The zero-order valence-corrected chi connectivity index (χ0v) is 16.4. The topological polar surface area (TPSA) is 70.6 Å². The molecule has 0 spiro atoms. The third kappa shape index (κ3) is 2.83. The van der Waals surface area contributed by atoms with Crippen LogP contribution < -0.4 is 4.90 Å². The van der Waals surface area contributed by atoms with Gasteiger partial charge in [0.1, 0.15) is 6.07 Å². The lowest BCUT2D eigenvalue weighted by atomic mass is 10.0.